The third-order valence-corrected chi connectivity index (χ3v) is 4.68. The maximum Gasteiger partial charge on any atom is 0.162 e. The molecule has 21 heavy (non-hydrogen) atoms. The topological polar surface area (TPSA) is 38.7 Å². The lowest BCUT2D eigenvalue weighted by Crippen LogP contribution is -2.23. The molecular formula is C17H28O3S. The van der Waals surface area contributed by atoms with Crippen molar-refractivity contribution in [3.63, 3.8) is 0 Å². The van der Waals surface area contributed by atoms with E-state index < -0.39 is 5.60 Å². The van der Waals surface area contributed by atoms with Gasteiger partial charge in [-0.1, -0.05) is 40.7 Å². The van der Waals surface area contributed by atoms with Crippen molar-refractivity contribution in [2.24, 2.45) is 0 Å². The molecule has 0 aliphatic carbocycles. The van der Waals surface area contributed by atoms with Gasteiger partial charge in [-0.05, 0) is 30.5 Å². The Balaban J connectivity index is 2.89. The fourth-order valence-electron chi connectivity index (χ4n) is 2.00. The van der Waals surface area contributed by atoms with Gasteiger partial charge in [0.15, 0.2) is 11.5 Å². The van der Waals surface area contributed by atoms with Gasteiger partial charge in [0.1, 0.15) is 5.94 Å². The highest BCUT2D eigenvalue weighted by atomic mass is 32.2. The van der Waals surface area contributed by atoms with Crippen molar-refractivity contribution in [3.8, 4) is 11.5 Å². The Hall–Kier alpha value is -0.870. The van der Waals surface area contributed by atoms with Crippen LogP contribution in [0.2, 0.25) is 0 Å². The SMILES string of the molecule is CCC(O)(CC)c1ccc(OCSC(C)(C)C)c(OC)c1. The summed E-state index contributed by atoms with van der Waals surface area (Å²) in [5, 5.41) is 10.6. The van der Waals surface area contributed by atoms with E-state index in [0.29, 0.717) is 30.3 Å². The van der Waals surface area contributed by atoms with Crippen LogP contribution >= 0.6 is 11.8 Å². The van der Waals surface area contributed by atoms with E-state index in [-0.39, 0.29) is 4.75 Å². The minimum absolute atomic E-state index is 0.165. The van der Waals surface area contributed by atoms with E-state index in [1.54, 1.807) is 18.9 Å². The van der Waals surface area contributed by atoms with Crippen LogP contribution in [-0.2, 0) is 5.60 Å². The van der Waals surface area contributed by atoms with Crippen LogP contribution in [0.15, 0.2) is 18.2 Å². The van der Waals surface area contributed by atoms with Crippen LogP contribution in [-0.4, -0.2) is 22.9 Å². The fourth-order valence-corrected chi connectivity index (χ4v) is 2.54. The van der Waals surface area contributed by atoms with Crippen molar-refractivity contribution in [2.75, 3.05) is 13.0 Å². The van der Waals surface area contributed by atoms with Gasteiger partial charge in [0.2, 0.25) is 0 Å². The highest BCUT2D eigenvalue weighted by Gasteiger charge is 2.26. The first-order valence-corrected chi connectivity index (χ1v) is 8.42. The normalized spacial score (nSPS) is 12.3. The predicted octanol–water partition coefficient (Wildman–Crippen LogP) is 4.57. The van der Waals surface area contributed by atoms with E-state index in [4.69, 9.17) is 9.47 Å². The zero-order valence-corrected chi connectivity index (χ0v) is 14.8. The molecule has 0 heterocycles. The molecule has 1 N–H and O–H groups in total. The third-order valence-electron chi connectivity index (χ3n) is 3.58. The van der Waals surface area contributed by atoms with Gasteiger partial charge in [-0.2, -0.15) is 0 Å². The number of hydrogen-bond acceptors (Lipinski definition) is 4. The highest BCUT2D eigenvalue weighted by molar-refractivity contribution is 8.00. The van der Waals surface area contributed by atoms with Crippen LogP contribution in [0, 0.1) is 0 Å². The molecule has 1 aromatic carbocycles. The van der Waals surface area contributed by atoms with Gasteiger partial charge in [0.05, 0.1) is 12.7 Å². The number of rotatable bonds is 7. The standard InChI is InChI=1S/C17H28O3S/c1-7-17(18,8-2)13-9-10-14(15(11-13)19-6)20-12-21-16(3,4)5/h9-11,18H,7-8,12H2,1-6H3. The zero-order valence-electron chi connectivity index (χ0n) is 14.0. The van der Waals surface area contributed by atoms with Gasteiger partial charge in [0.25, 0.3) is 0 Å². The summed E-state index contributed by atoms with van der Waals surface area (Å²) in [6, 6.07) is 5.68. The van der Waals surface area contributed by atoms with Crippen molar-refractivity contribution < 1.29 is 14.6 Å². The largest absolute Gasteiger partial charge is 0.493 e. The Kier molecular flexibility index (Phi) is 6.41. The quantitative estimate of drug-likeness (QED) is 0.748. The van der Waals surface area contributed by atoms with E-state index in [9.17, 15) is 5.11 Å². The smallest absolute Gasteiger partial charge is 0.162 e. The molecule has 3 nitrogen and oxygen atoms in total. The Labute approximate surface area is 133 Å². The lowest BCUT2D eigenvalue weighted by Gasteiger charge is -2.26. The molecule has 0 spiro atoms. The summed E-state index contributed by atoms with van der Waals surface area (Å²) >= 11 is 1.74. The first-order chi connectivity index (χ1) is 9.75. The lowest BCUT2D eigenvalue weighted by atomic mass is 9.88. The second kappa shape index (κ2) is 7.41. The number of benzene rings is 1. The lowest BCUT2D eigenvalue weighted by molar-refractivity contribution is 0.0281. The van der Waals surface area contributed by atoms with Crippen molar-refractivity contribution in [1.29, 1.82) is 0 Å². The average Bonchev–Trinajstić information content (AvgIpc) is 2.45. The third kappa shape index (κ3) is 5.11. The minimum atomic E-state index is -0.800. The molecule has 0 bridgehead atoms. The zero-order chi connectivity index (χ0) is 16.1. The number of ether oxygens (including phenoxy) is 2. The van der Waals surface area contributed by atoms with Crippen molar-refractivity contribution in [3.05, 3.63) is 23.8 Å². The van der Waals surface area contributed by atoms with Crippen LogP contribution in [0.4, 0.5) is 0 Å². The average molecular weight is 312 g/mol. The molecule has 120 valence electrons. The molecule has 4 heteroatoms. The van der Waals surface area contributed by atoms with Crippen LogP contribution in [0.3, 0.4) is 0 Å². The first kappa shape index (κ1) is 18.2. The molecular weight excluding hydrogens is 284 g/mol. The molecule has 1 rings (SSSR count). The first-order valence-electron chi connectivity index (χ1n) is 7.43. The van der Waals surface area contributed by atoms with Gasteiger partial charge in [-0.3, -0.25) is 0 Å². The van der Waals surface area contributed by atoms with Crippen LogP contribution < -0.4 is 9.47 Å². The van der Waals surface area contributed by atoms with E-state index in [1.165, 1.54) is 0 Å². The summed E-state index contributed by atoms with van der Waals surface area (Å²) in [5.74, 6) is 1.96. The number of methoxy groups -OCH3 is 1. The van der Waals surface area contributed by atoms with Gasteiger partial charge < -0.3 is 14.6 Å². The number of hydrogen-bond donors (Lipinski definition) is 1. The number of aliphatic hydroxyl groups is 1. The van der Waals surface area contributed by atoms with Crippen molar-refractivity contribution in [2.45, 2.75) is 57.8 Å². The van der Waals surface area contributed by atoms with Gasteiger partial charge in [-0.15, -0.1) is 11.8 Å². The molecule has 0 aliphatic heterocycles. The van der Waals surface area contributed by atoms with E-state index in [1.807, 2.05) is 32.0 Å². The van der Waals surface area contributed by atoms with Crippen molar-refractivity contribution in [1.82, 2.24) is 0 Å². The Morgan fingerprint density at radius 1 is 1.10 bits per heavy atom. The summed E-state index contributed by atoms with van der Waals surface area (Å²) in [7, 11) is 1.62. The summed E-state index contributed by atoms with van der Waals surface area (Å²) in [6.45, 7) is 10.4. The molecule has 0 saturated heterocycles. The molecule has 0 aromatic heterocycles. The minimum Gasteiger partial charge on any atom is -0.493 e. The summed E-state index contributed by atoms with van der Waals surface area (Å²) in [5.41, 5.74) is 0.0755. The van der Waals surface area contributed by atoms with E-state index >= 15 is 0 Å². The predicted molar refractivity (Wildman–Crippen MR) is 90.3 cm³/mol. The molecule has 0 fully saturated rings. The van der Waals surface area contributed by atoms with E-state index in [0.717, 1.165) is 5.56 Å². The van der Waals surface area contributed by atoms with Crippen LogP contribution in [0.1, 0.15) is 53.0 Å². The second-order valence-corrected chi connectivity index (χ2v) is 7.87. The fraction of sp³-hybridized carbons (Fsp3) is 0.647. The summed E-state index contributed by atoms with van der Waals surface area (Å²) in [6.07, 6.45) is 1.35. The molecule has 0 unspecified atom stereocenters. The number of thioether (sulfide) groups is 1. The van der Waals surface area contributed by atoms with Crippen LogP contribution in [0.5, 0.6) is 11.5 Å². The molecule has 0 aliphatic rings. The second-order valence-electron chi connectivity index (χ2n) is 6.12. The molecule has 0 saturated carbocycles. The van der Waals surface area contributed by atoms with Gasteiger partial charge in [-0.25, -0.2) is 0 Å². The maximum absolute atomic E-state index is 10.6. The molecule has 0 atom stereocenters. The molecule has 0 radical (unpaired) electrons. The summed E-state index contributed by atoms with van der Waals surface area (Å²) < 4.78 is 11.4. The van der Waals surface area contributed by atoms with Gasteiger partial charge >= 0.3 is 0 Å². The van der Waals surface area contributed by atoms with Crippen LogP contribution in [0.25, 0.3) is 0 Å². The monoisotopic (exact) mass is 312 g/mol. The highest BCUT2D eigenvalue weighted by Crippen LogP contribution is 2.36. The molecule has 0 amide bonds. The van der Waals surface area contributed by atoms with Crippen molar-refractivity contribution >= 4 is 11.8 Å². The summed E-state index contributed by atoms with van der Waals surface area (Å²) in [4.78, 5) is 0. The Morgan fingerprint density at radius 3 is 2.19 bits per heavy atom. The molecule has 1 aromatic rings. The van der Waals surface area contributed by atoms with Gasteiger partial charge in [0, 0.05) is 4.75 Å². The Morgan fingerprint density at radius 2 is 1.71 bits per heavy atom. The maximum atomic E-state index is 10.6. The Bertz CT molecular complexity index is 448. The van der Waals surface area contributed by atoms with E-state index in [2.05, 4.69) is 20.8 Å².